The maximum Gasteiger partial charge on any atom is 0.109 e. The number of piperidine rings is 1. The van der Waals surface area contributed by atoms with Crippen molar-refractivity contribution in [2.45, 2.75) is 25.9 Å². The SMILES string of the molecule is CC1(CN2CC3C(F)C3C2)CC1. The molecule has 3 fully saturated rings. The van der Waals surface area contributed by atoms with Gasteiger partial charge in [-0.05, 0) is 18.3 Å². The summed E-state index contributed by atoms with van der Waals surface area (Å²) in [6, 6.07) is 0. The first-order valence-corrected chi connectivity index (χ1v) is 5.04. The molecule has 2 saturated carbocycles. The lowest BCUT2D eigenvalue weighted by Gasteiger charge is -2.21. The van der Waals surface area contributed by atoms with Crippen molar-refractivity contribution in [2.24, 2.45) is 17.3 Å². The van der Waals surface area contributed by atoms with Crippen LogP contribution in [0.3, 0.4) is 0 Å². The zero-order chi connectivity index (χ0) is 8.34. The molecule has 68 valence electrons. The average Bonchev–Trinajstić information content (AvgIpc) is 2.81. The number of hydrogen-bond acceptors (Lipinski definition) is 1. The molecule has 0 N–H and O–H groups in total. The second kappa shape index (κ2) is 2.03. The molecule has 2 unspecified atom stereocenters. The van der Waals surface area contributed by atoms with Crippen molar-refractivity contribution in [3.8, 4) is 0 Å². The fraction of sp³-hybridized carbons (Fsp3) is 1.00. The Bertz CT molecular complexity index is 200. The fourth-order valence-electron chi connectivity index (χ4n) is 2.58. The minimum absolute atomic E-state index is 0.423. The predicted molar refractivity (Wildman–Crippen MR) is 45.7 cm³/mol. The molecule has 1 saturated heterocycles. The summed E-state index contributed by atoms with van der Waals surface area (Å²) in [6.45, 7) is 5.67. The van der Waals surface area contributed by atoms with Crippen LogP contribution in [-0.4, -0.2) is 30.7 Å². The molecule has 2 heteroatoms. The van der Waals surface area contributed by atoms with Crippen LogP contribution in [0.1, 0.15) is 19.8 Å². The standard InChI is InChI=1S/C10H16FN/c1-10(2-3-10)6-12-4-7-8(5-12)9(7)11/h7-9H,2-6H2,1H3. The lowest BCUT2D eigenvalue weighted by molar-refractivity contribution is 0.223. The van der Waals surface area contributed by atoms with Crippen molar-refractivity contribution in [3.05, 3.63) is 0 Å². The van der Waals surface area contributed by atoms with Gasteiger partial charge >= 0.3 is 0 Å². The van der Waals surface area contributed by atoms with Crippen LogP contribution >= 0.6 is 0 Å². The molecule has 0 aromatic heterocycles. The van der Waals surface area contributed by atoms with E-state index in [1.54, 1.807) is 0 Å². The third-order valence-electron chi connectivity index (χ3n) is 3.87. The van der Waals surface area contributed by atoms with Crippen LogP contribution in [-0.2, 0) is 0 Å². The number of alkyl halides is 1. The first-order chi connectivity index (χ1) is 5.68. The Kier molecular flexibility index (Phi) is 1.24. The molecule has 3 aliphatic rings. The smallest absolute Gasteiger partial charge is 0.109 e. The predicted octanol–water partition coefficient (Wildman–Crippen LogP) is 1.69. The Labute approximate surface area is 72.9 Å². The van der Waals surface area contributed by atoms with Crippen LogP contribution in [0, 0.1) is 17.3 Å². The van der Waals surface area contributed by atoms with E-state index in [-0.39, 0.29) is 0 Å². The zero-order valence-electron chi connectivity index (χ0n) is 7.59. The first kappa shape index (κ1) is 7.31. The number of fused-ring (bicyclic) bond motifs is 1. The summed E-state index contributed by atoms with van der Waals surface area (Å²) in [5.74, 6) is 0.847. The van der Waals surface area contributed by atoms with Gasteiger partial charge in [0.25, 0.3) is 0 Å². The van der Waals surface area contributed by atoms with Gasteiger partial charge in [-0.25, -0.2) is 4.39 Å². The van der Waals surface area contributed by atoms with Crippen molar-refractivity contribution >= 4 is 0 Å². The van der Waals surface area contributed by atoms with E-state index in [0.29, 0.717) is 17.3 Å². The Morgan fingerprint density at radius 2 is 1.92 bits per heavy atom. The molecule has 0 aromatic rings. The summed E-state index contributed by atoms with van der Waals surface area (Å²) in [5, 5.41) is 0. The summed E-state index contributed by atoms with van der Waals surface area (Å²) in [6.07, 6.45) is 2.34. The van der Waals surface area contributed by atoms with E-state index in [2.05, 4.69) is 11.8 Å². The molecule has 0 aromatic carbocycles. The highest BCUT2D eigenvalue weighted by atomic mass is 19.1. The fourth-order valence-corrected chi connectivity index (χ4v) is 2.58. The number of likely N-dealkylation sites (tertiary alicyclic amines) is 1. The molecule has 0 radical (unpaired) electrons. The Morgan fingerprint density at radius 3 is 2.42 bits per heavy atom. The maximum absolute atomic E-state index is 12.8. The van der Waals surface area contributed by atoms with Gasteiger partial charge in [0.2, 0.25) is 0 Å². The molecule has 1 nitrogen and oxygen atoms in total. The summed E-state index contributed by atoms with van der Waals surface area (Å²) in [4.78, 5) is 2.47. The van der Waals surface area contributed by atoms with Crippen LogP contribution in [0.5, 0.6) is 0 Å². The van der Waals surface area contributed by atoms with E-state index in [1.165, 1.54) is 19.4 Å². The lowest BCUT2D eigenvalue weighted by Crippen LogP contribution is -2.30. The Balaban J connectivity index is 1.55. The average molecular weight is 169 g/mol. The topological polar surface area (TPSA) is 3.24 Å². The molecule has 1 aliphatic heterocycles. The van der Waals surface area contributed by atoms with Gasteiger partial charge in [0.1, 0.15) is 6.17 Å². The van der Waals surface area contributed by atoms with Gasteiger partial charge in [-0.2, -0.15) is 0 Å². The van der Waals surface area contributed by atoms with Gasteiger partial charge in [-0.15, -0.1) is 0 Å². The van der Waals surface area contributed by atoms with Crippen LogP contribution in [0.25, 0.3) is 0 Å². The summed E-state index contributed by atoms with van der Waals surface area (Å²) < 4.78 is 12.8. The third kappa shape index (κ3) is 1.00. The van der Waals surface area contributed by atoms with Crippen molar-refractivity contribution in [1.29, 1.82) is 0 Å². The van der Waals surface area contributed by atoms with E-state index in [4.69, 9.17) is 0 Å². The molecule has 3 rings (SSSR count). The molecule has 1 heterocycles. The molecule has 0 amide bonds. The number of hydrogen-bond donors (Lipinski definition) is 0. The normalized spacial score (nSPS) is 49.0. The van der Waals surface area contributed by atoms with Crippen LogP contribution < -0.4 is 0 Å². The summed E-state index contributed by atoms with van der Waals surface area (Å²) in [7, 11) is 0. The monoisotopic (exact) mass is 169 g/mol. The van der Waals surface area contributed by atoms with E-state index >= 15 is 0 Å². The van der Waals surface area contributed by atoms with Crippen LogP contribution in [0.15, 0.2) is 0 Å². The maximum atomic E-state index is 12.8. The van der Waals surface area contributed by atoms with Crippen LogP contribution in [0.4, 0.5) is 4.39 Å². The lowest BCUT2D eigenvalue weighted by atomic mass is 10.1. The second-order valence-corrected chi connectivity index (χ2v) is 5.28. The third-order valence-corrected chi connectivity index (χ3v) is 3.87. The quantitative estimate of drug-likeness (QED) is 0.608. The summed E-state index contributed by atoms with van der Waals surface area (Å²) >= 11 is 0. The minimum atomic E-state index is -0.437. The van der Waals surface area contributed by atoms with E-state index in [9.17, 15) is 4.39 Å². The molecule has 0 spiro atoms. The van der Waals surface area contributed by atoms with Crippen molar-refractivity contribution < 1.29 is 4.39 Å². The first-order valence-electron chi connectivity index (χ1n) is 5.04. The van der Waals surface area contributed by atoms with Gasteiger partial charge in [0.05, 0.1) is 0 Å². The molecular formula is C10H16FN. The highest BCUT2D eigenvalue weighted by Crippen LogP contribution is 2.51. The van der Waals surface area contributed by atoms with Crippen molar-refractivity contribution in [2.75, 3.05) is 19.6 Å². The molecule has 2 aliphatic carbocycles. The number of halogens is 1. The molecule has 2 atom stereocenters. The van der Waals surface area contributed by atoms with E-state index in [1.807, 2.05) is 0 Å². The minimum Gasteiger partial charge on any atom is -0.302 e. The largest absolute Gasteiger partial charge is 0.302 e. The molecule has 12 heavy (non-hydrogen) atoms. The zero-order valence-corrected chi connectivity index (χ0v) is 7.59. The van der Waals surface area contributed by atoms with E-state index in [0.717, 1.165) is 13.1 Å². The van der Waals surface area contributed by atoms with Gasteiger partial charge in [0, 0.05) is 31.5 Å². The van der Waals surface area contributed by atoms with Gasteiger partial charge in [0.15, 0.2) is 0 Å². The molecule has 0 bridgehead atoms. The van der Waals surface area contributed by atoms with Gasteiger partial charge in [-0.3, -0.25) is 0 Å². The van der Waals surface area contributed by atoms with Gasteiger partial charge in [-0.1, -0.05) is 6.92 Å². The van der Waals surface area contributed by atoms with Crippen molar-refractivity contribution in [3.63, 3.8) is 0 Å². The Morgan fingerprint density at radius 1 is 1.33 bits per heavy atom. The Hall–Kier alpha value is -0.110. The number of nitrogens with zero attached hydrogens (tertiary/aromatic N) is 1. The van der Waals surface area contributed by atoms with E-state index < -0.39 is 6.17 Å². The van der Waals surface area contributed by atoms with Crippen molar-refractivity contribution in [1.82, 2.24) is 4.90 Å². The molecular weight excluding hydrogens is 153 g/mol. The summed E-state index contributed by atoms with van der Waals surface area (Å²) in [5.41, 5.74) is 0.614. The van der Waals surface area contributed by atoms with Crippen LogP contribution in [0.2, 0.25) is 0 Å². The second-order valence-electron chi connectivity index (χ2n) is 5.28. The highest BCUT2D eigenvalue weighted by Gasteiger charge is 2.57. The number of rotatable bonds is 2. The highest BCUT2D eigenvalue weighted by molar-refractivity contribution is 5.07. The van der Waals surface area contributed by atoms with Gasteiger partial charge < -0.3 is 4.90 Å².